The van der Waals surface area contributed by atoms with Crippen LogP contribution in [-0.4, -0.2) is 44.1 Å². The van der Waals surface area contributed by atoms with Crippen molar-refractivity contribution in [3.63, 3.8) is 0 Å². The van der Waals surface area contributed by atoms with E-state index >= 15 is 0 Å². The molecule has 0 aliphatic carbocycles. The summed E-state index contributed by atoms with van der Waals surface area (Å²) in [6, 6.07) is 21.3. The molecular formula is C26H27ClN2O3. The summed E-state index contributed by atoms with van der Waals surface area (Å²) in [5.41, 5.74) is 3.71. The summed E-state index contributed by atoms with van der Waals surface area (Å²) >= 11 is 6.12. The Morgan fingerprint density at radius 3 is 2.47 bits per heavy atom. The fraction of sp³-hybridized carbons (Fsp3) is 0.269. The van der Waals surface area contributed by atoms with E-state index < -0.39 is 0 Å². The number of hydrogen-bond donors (Lipinski definition) is 0. The number of methoxy groups -OCH3 is 1. The Kier molecular flexibility index (Phi) is 6.86. The number of rotatable bonds is 6. The molecule has 0 bridgehead atoms. The molecule has 0 atom stereocenters. The van der Waals surface area contributed by atoms with Gasteiger partial charge in [-0.1, -0.05) is 29.8 Å². The number of anilines is 1. The molecule has 0 unspecified atom stereocenters. The summed E-state index contributed by atoms with van der Waals surface area (Å²) in [4.78, 5) is 17.3. The zero-order valence-corrected chi connectivity index (χ0v) is 19.1. The van der Waals surface area contributed by atoms with Crippen molar-refractivity contribution in [1.82, 2.24) is 4.90 Å². The van der Waals surface area contributed by atoms with Gasteiger partial charge in [0.15, 0.2) is 0 Å². The number of piperazine rings is 1. The Hall–Kier alpha value is -3.18. The lowest BCUT2D eigenvalue weighted by molar-refractivity contribution is 0.0746. The Morgan fingerprint density at radius 2 is 1.75 bits per heavy atom. The highest BCUT2D eigenvalue weighted by molar-refractivity contribution is 6.30. The van der Waals surface area contributed by atoms with Crippen LogP contribution in [0.5, 0.6) is 11.5 Å². The molecule has 3 aromatic carbocycles. The Bertz CT molecular complexity index is 1090. The summed E-state index contributed by atoms with van der Waals surface area (Å²) in [6.07, 6.45) is 0. The summed E-state index contributed by atoms with van der Waals surface area (Å²) < 4.78 is 11.4. The van der Waals surface area contributed by atoms with Gasteiger partial charge in [0.2, 0.25) is 0 Å². The number of ether oxygens (including phenoxy) is 2. The van der Waals surface area contributed by atoms with E-state index in [1.807, 2.05) is 78.6 Å². The third-order valence-electron chi connectivity index (χ3n) is 5.65. The Morgan fingerprint density at radius 1 is 0.969 bits per heavy atom. The van der Waals surface area contributed by atoms with Crippen molar-refractivity contribution in [3.05, 3.63) is 88.4 Å². The van der Waals surface area contributed by atoms with E-state index in [-0.39, 0.29) is 5.91 Å². The number of hydrogen-bond acceptors (Lipinski definition) is 4. The number of halogens is 1. The van der Waals surface area contributed by atoms with Crippen LogP contribution in [0.15, 0.2) is 66.7 Å². The number of carbonyl (C=O) groups is 1. The molecule has 166 valence electrons. The maximum atomic E-state index is 13.2. The molecule has 0 radical (unpaired) electrons. The van der Waals surface area contributed by atoms with Crippen LogP contribution in [0.25, 0.3) is 0 Å². The van der Waals surface area contributed by atoms with Crippen molar-refractivity contribution in [2.45, 2.75) is 13.5 Å². The highest BCUT2D eigenvalue weighted by Gasteiger charge is 2.23. The minimum atomic E-state index is 0.0233. The summed E-state index contributed by atoms with van der Waals surface area (Å²) in [7, 11) is 1.63. The molecule has 0 spiro atoms. The first-order valence-electron chi connectivity index (χ1n) is 10.7. The molecule has 1 saturated heterocycles. The van der Waals surface area contributed by atoms with E-state index in [0.29, 0.717) is 31.0 Å². The van der Waals surface area contributed by atoms with Gasteiger partial charge in [-0.15, -0.1) is 0 Å². The molecule has 1 heterocycles. The molecule has 6 heteroatoms. The van der Waals surface area contributed by atoms with Crippen LogP contribution < -0.4 is 14.4 Å². The fourth-order valence-corrected chi connectivity index (χ4v) is 4.10. The van der Waals surface area contributed by atoms with E-state index in [2.05, 4.69) is 4.90 Å². The van der Waals surface area contributed by atoms with Gasteiger partial charge < -0.3 is 19.3 Å². The predicted molar refractivity (Wildman–Crippen MR) is 128 cm³/mol. The van der Waals surface area contributed by atoms with Crippen molar-refractivity contribution in [3.8, 4) is 11.5 Å². The minimum Gasteiger partial charge on any atom is -0.496 e. The van der Waals surface area contributed by atoms with Gasteiger partial charge in [0.05, 0.1) is 7.11 Å². The molecule has 0 aromatic heterocycles. The molecule has 5 nitrogen and oxygen atoms in total. The van der Waals surface area contributed by atoms with Crippen LogP contribution in [0.3, 0.4) is 0 Å². The van der Waals surface area contributed by atoms with E-state index in [9.17, 15) is 4.79 Å². The van der Waals surface area contributed by atoms with Gasteiger partial charge in [0, 0.05) is 48.0 Å². The number of aryl methyl sites for hydroxylation is 1. The van der Waals surface area contributed by atoms with Crippen molar-refractivity contribution >= 4 is 23.2 Å². The number of carbonyl (C=O) groups excluding carboxylic acids is 1. The van der Waals surface area contributed by atoms with Gasteiger partial charge in [-0.25, -0.2) is 0 Å². The van der Waals surface area contributed by atoms with Gasteiger partial charge in [0.25, 0.3) is 5.91 Å². The Balaban J connectivity index is 1.43. The van der Waals surface area contributed by atoms with Crippen molar-refractivity contribution in [1.29, 1.82) is 0 Å². The number of nitrogens with zero attached hydrogens (tertiary/aromatic N) is 2. The molecule has 1 amide bonds. The second-order valence-electron chi connectivity index (χ2n) is 7.89. The minimum absolute atomic E-state index is 0.0233. The standard InChI is InChI=1S/C26H27ClN2O3/c1-19-5-3-8-24(15-19)32-18-21-16-20(9-10-25(21)31-2)26(30)29-13-11-28(12-14-29)23-7-4-6-22(27)17-23/h3-10,15-17H,11-14,18H2,1-2H3. The smallest absolute Gasteiger partial charge is 0.253 e. The summed E-state index contributed by atoms with van der Waals surface area (Å²) in [5.74, 6) is 1.52. The maximum Gasteiger partial charge on any atom is 0.253 e. The molecule has 0 N–H and O–H groups in total. The number of amides is 1. The SMILES string of the molecule is COc1ccc(C(=O)N2CCN(c3cccc(Cl)c3)CC2)cc1COc1cccc(C)c1. The molecule has 1 aliphatic heterocycles. The normalized spacial score (nSPS) is 13.7. The zero-order chi connectivity index (χ0) is 22.5. The lowest BCUT2D eigenvalue weighted by atomic mass is 10.1. The van der Waals surface area contributed by atoms with E-state index in [4.69, 9.17) is 21.1 Å². The molecule has 1 aliphatic rings. The molecule has 32 heavy (non-hydrogen) atoms. The highest BCUT2D eigenvalue weighted by Crippen LogP contribution is 2.25. The van der Waals surface area contributed by atoms with Gasteiger partial charge in [-0.2, -0.15) is 0 Å². The van der Waals surface area contributed by atoms with E-state index in [1.165, 1.54) is 0 Å². The lowest BCUT2D eigenvalue weighted by Crippen LogP contribution is -2.48. The molecule has 1 fully saturated rings. The predicted octanol–water partition coefficient (Wildman–Crippen LogP) is 5.20. The lowest BCUT2D eigenvalue weighted by Gasteiger charge is -2.36. The largest absolute Gasteiger partial charge is 0.496 e. The van der Waals surface area contributed by atoms with Crippen LogP contribution in [0.1, 0.15) is 21.5 Å². The second-order valence-corrected chi connectivity index (χ2v) is 8.33. The van der Waals surface area contributed by atoms with Crippen LogP contribution in [0.4, 0.5) is 5.69 Å². The second kappa shape index (κ2) is 9.96. The van der Waals surface area contributed by atoms with Crippen LogP contribution in [0.2, 0.25) is 5.02 Å². The zero-order valence-electron chi connectivity index (χ0n) is 18.4. The summed E-state index contributed by atoms with van der Waals surface area (Å²) in [6.45, 7) is 5.21. The van der Waals surface area contributed by atoms with Gasteiger partial charge in [-0.3, -0.25) is 4.79 Å². The van der Waals surface area contributed by atoms with Crippen molar-refractivity contribution < 1.29 is 14.3 Å². The van der Waals surface area contributed by atoms with Gasteiger partial charge in [0.1, 0.15) is 18.1 Å². The maximum absolute atomic E-state index is 13.2. The van der Waals surface area contributed by atoms with E-state index in [0.717, 1.165) is 40.7 Å². The fourth-order valence-electron chi connectivity index (χ4n) is 3.91. The number of benzene rings is 3. The molecular weight excluding hydrogens is 424 g/mol. The molecule has 3 aromatic rings. The van der Waals surface area contributed by atoms with Crippen molar-refractivity contribution in [2.75, 3.05) is 38.2 Å². The highest BCUT2D eigenvalue weighted by atomic mass is 35.5. The topological polar surface area (TPSA) is 42.0 Å². The first-order valence-corrected chi connectivity index (χ1v) is 11.1. The van der Waals surface area contributed by atoms with Crippen LogP contribution in [0, 0.1) is 6.92 Å². The first-order chi connectivity index (χ1) is 15.5. The van der Waals surface area contributed by atoms with Gasteiger partial charge >= 0.3 is 0 Å². The van der Waals surface area contributed by atoms with Crippen molar-refractivity contribution in [2.24, 2.45) is 0 Å². The van der Waals surface area contributed by atoms with E-state index in [1.54, 1.807) is 7.11 Å². The molecule has 0 saturated carbocycles. The third kappa shape index (κ3) is 5.17. The first kappa shape index (κ1) is 22.0. The van der Waals surface area contributed by atoms with Crippen LogP contribution >= 0.6 is 11.6 Å². The average Bonchev–Trinajstić information content (AvgIpc) is 2.82. The third-order valence-corrected chi connectivity index (χ3v) is 5.89. The quantitative estimate of drug-likeness (QED) is 0.517. The van der Waals surface area contributed by atoms with Crippen LogP contribution in [-0.2, 0) is 6.61 Å². The summed E-state index contributed by atoms with van der Waals surface area (Å²) in [5, 5.41) is 0.722. The average molecular weight is 451 g/mol. The monoisotopic (exact) mass is 450 g/mol. The Labute approximate surface area is 194 Å². The van der Waals surface area contributed by atoms with Gasteiger partial charge in [-0.05, 0) is 61.0 Å². The molecule has 4 rings (SSSR count).